The van der Waals surface area contributed by atoms with E-state index in [2.05, 4.69) is 43.1 Å². The molecule has 1 N–H and O–H groups in total. The van der Waals surface area contributed by atoms with Crippen molar-refractivity contribution in [2.45, 2.75) is 12.8 Å². The summed E-state index contributed by atoms with van der Waals surface area (Å²) in [6.45, 7) is 6.11. The van der Waals surface area contributed by atoms with Gasteiger partial charge in [-0.15, -0.1) is 0 Å². The van der Waals surface area contributed by atoms with Gasteiger partial charge in [-0.25, -0.2) is 9.37 Å². The maximum atomic E-state index is 13.3. The summed E-state index contributed by atoms with van der Waals surface area (Å²) in [6, 6.07) is 7.45. The number of amides is 1. The fraction of sp³-hybridized carbons (Fsp3) is 0.429. The van der Waals surface area contributed by atoms with E-state index >= 15 is 0 Å². The summed E-state index contributed by atoms with van der Waals surface area (Å²) in [7, 11) is 2.15. The molecule has 1 aromatic heterocycles. The molecule has 0 spiro atoms. The Morgan fingerprint density at radius 1 is 1.24 bits per heavy atom. The van der Waals surface area contributed by atoms with Crippen LogP contribution in [0.5, 0.6) is 11.6 Å². The molecule has 1 aliphatic rings. The molecule has 1 amide bonds. The van der Waals surface area contributed by atoms with Gasteiger partial charge >= 0.3 is 0 Å². The predicted octanol–water partition coefficient (Wildman–Crippen LogP) is 3.53. The van der Waals surface area contributed by atoms with E-state index < -0.39 is 0 Å². The van der Waals surface area contributed by atoms with Crippen LogP contribution in [0.4, 0.5) is 4.39 Å². The summed E-state index contributed by atoms with van der Waals surface area (Å²) in [4.78, 5) is 21.5. The van der Waals surface area contributed by atoms with Gasteiger partial charge in [-0.1, -0.05) is 0 Å². The standard InChI is InChI=1S/C21H26BrFN4O2/c1-26-11-13-27(14-12-26)10-3-2-8-24-20(28)17-5-4-9-25-21(17)29-19-7-6-16(23)15-18(19)22/h4-7,9,15H,2-3,8,10-14H2,1H3,(H,24,28). The zero-order valence-electron chi connectivity index (χ0n) is 16.5. The largest absolute Gasteiger partial charge is 0.437 e. The number of aromatic nitrogens is 1. The maximum Gasteiger partial charge on any atom is 0.256 e. The molecule has 0 aliphatic carbocycles. The number of piperazine rings is 1. The molecule has 1 saturated heterocycles. The SMILES string of the molecule is CN1CCN(CCCCNC(=O)c2cccnc2Oc2ccc(F)cc2Br)CC1. The molecule has 1 aliphatic heterocycles. The minimum atomic E-state index is -0.375. The molecule has 1 fully saturated rings. The average molecular weight is 465 g/mol. The van der Waals surface area contributed by atoms with Gasteiger partial charge in [0, 0.05) is 38.9 Å². The van der Waals surface area contributed by atoms with Crippen molar-refractivity contribution >= 4 is 21.8 Å². The van der Waals surface area contributed by atoms with Gasteiger partial charge < -0.3 is 19.9 Å². The zero-order valence-corrected chi connectivity index (χ0v) is 18.1. The number of benzene rings is 1. The van der Waals surface area contributed by atoms with E-state index in [4.69, 9.17) is 4.74 Å². The molecule has 0 radical (unpaired) electrons. The Hall–Kier alpha value is -2.03. The van der Waals surface area contributed by atoms with Crippen molar-refractivity contribution in [2.24, 2.45) is 0 Å². The lowest BCUT2D eigenvalue weighted by Crippen LogP contribution is -2.44. The lowest BCUT2D eigenvalue weighted by atomic mass is 10.2. The number of hydrogen-bond donors (Lipinski definition) is 1. The molecule has 0 atom stereocenters. The topological polar surface area (TPSA) is 57.7 Å². The second-order valence-electron chi connectivity index (χ2n) is 7.14. The molecule has 0 bridgehead atoms. The van der Waals surface area contributed by atoms with Crippen molar-refractivity contribution in [3.8, 4) is 11.6 Å². The molecule has 8 heteroatoms. The van der Waals surface area contributed by atoms with Crippen LogP contribution in [0.1, 0.15) is 23.2 Å². The minimum Gasteiger partial charge on any atom is -0.437 e. The Morgan fingerprint density at radius 2 is 2.03 bits per heavy atom. The molecular formula is C21H26BrFN4O2. The predicted molar refractivity (Wildman–Crippen MR) is 114 cm³/mol. The molecule has 29 heavy (non-hydrogen) atoms. The molecule has 3 rings (SSSR count). The van der Waals surface area contributed by atoms with Gasteiger partial charge in [0.1, 0.15) is 17.1 Å². The number of nitrogens with one attached hydrogen (secondary N) is 1. The lowest BCUT2D eigenvalue weighted by Gasteiger charge is -2.32. The molecular weight excluding hydrogens is 439 g/mol. The number of unbranched alkanes of at least 4 members (excludes halogenated alkanes) is 1. The first-order chi connectivity index (χ1) is 14.0. The highest BCUT2D eigenvalue weighted by molar-refractivity contribution is 9.10. The van der Waals surface area contributed by atoms with E-state index in [1.807, 2.05) is 0 Å². The van der Waals surface area contributed by atoms with E-state index in [-0.39, 0.29) is 17.6 Å². The van der Waals surface area contributed by atoms with Crippen molar-refractivity contribution < 1.29 is 13.9 Å². The minimum absolute atomic E-state index is 0.190. The van der Waals surface area contributed by atoms with Gasteiger partial charge in [0.05, 0.1) is 4.47 Å². The Labute approximate surface area is 179 Å². The quantitative estimate of drug-likeness (QED) is 0.605. The van der Waals surface area contributed by atoms with Crippen molar-refractivity contribution in [1.82, 2.24) is 20.1 Å². The third-order valence-corrected chi connectivity index (χ3v) is 5.52. The summed E-state index contributed by atoms with van der Waals surface area (Å²) in [5.41, 5.74) is 0.350. The molecule has 0 unspecified atom stereocenters. The number of nitrogens with zero attached hydrogens (tertiary/aromatic N) is 3. The second-order valence-corrected chi connectivity index (χ2v) is 8.00. The van der Waals surface area contributed by atoms with Crippen LogP contribution in [-0.2, 0) is 0 Å². The Morgan fingerprint density at radius 3 is 2.79 bits per heavy atom. The highest BCUT2D eigenvalue weighted by atomic mass is 79.9. The first kappa shape index (κ1) is 21.7. The Balaban J connectivity index is 1.48. The van der Waals surface area contributed by atoms with Crippen molar-refractivity contribution in [3.05, 3.63) is 52.4 Å². The fourth-order valence-corrected chi connectivity index (χ4v) is 3.57. The number of pyridine rings is 1. The molecule has 2 aromatic rings. The normalized spacial score (nSPS) is 15.3. The molecule has 1 aromatic carbocycles. The number of carbonyl (C=O) groups excluding carboxylic acids is 1. The van der Waals surface area contributed by atoms with Crippen molar-refractivity contribution in [1.29, 1.82) is 0 Å². The van der Waals surface area contributed by atoms with Gasteiger partial charge in [0.25, 0.3) is 5.91 Å². The van der Waals surface area contributed by atoms with Crippen LogP contribution in [-0.4, -0.2) is 67.0 Å². The Bertz CT molecular complexity index is 828. The first-order valence-electron chi connectivity index (χ1n) is 9.80. The Kier molecular flexibility index (Phi) is 7.97. The smallest absolute Gasteiger partial charge is 0.256 e. The van der Waals surface area contributed by atoms with Gasteiger partial charge in [-0.3, -0.25) is 4.79 Å². The molecule has 6 nitrogen and oxygen atoms in total. The highest BCUT2D eigenvalue weighted by Crippen LogP contribution is 2.30. The summed E-state index contributed by atoms with van der Waals surface area (Å²) in [5.74, 6) is -0.0215. The van der Waals surface area contributed by atoms with E-state index in [1.54, 1.807) is 18.3 Å². The second kappa shape index (κ2) is 10.7. The summed E-state index contributed by atoms with van der Waals surface area (Å²) in [5, 5.41) is 2.94. The van der Waals surface area contributed by atoms with Gasteiger partial charge in [0.15, 0.2) is 0 Å². The lowest BCUT2D eigenvalue weighted by molar-refractivity contribution is 0.0949. The number of carbonyl (C=O) groups is 1. The highest BCUT2D eigenvalue weighted by Gasteiger charge is 2.16. The van der Waals surface area contributed by atoms with Gasteiger partial charge in [0.2, 0.25) is 5.88 Å². The first-order valence-corrected chi connectivity index (χ1v) is 10.6. The van der Waals surface area contributed by atoms with Crippen LogP contribution >= 0.6 is 15.9 Å². The van der Waals surface area contributed by atoms with Gasteiger partial charge in [-0.2, -0.15) is 0 Å². The molecule has 156 valence electrons. The van der Waals surface area contributed by atoms with E-state index in [1.165, 1.54) is 18.2 Å². The van der Waals surface area contributed by atoms with Crippen LogP contribution in [0.3, 0.4) is 0 Å². The molecule has 2 heterocycles. The van der Waals surface area contributed by atoms with Crippen LogP contribution < -0.4 is 10.1 Å². The number of hydrogen-bond acceptors (Lipinski definition) is 5. The third-order valence-electron chi connectivity index (χ3n) is 4.90. The summed E-state index contributed by atoms with van der Waals surface area (Å²) in [6.07, 6.45) is 3.51. The molecule has 0 saturated carbocycles. The number of rotatable bonds is 8. The third kappa shape index (κ3) is 6.48. The monoisotopic (exact) mass is 464 g/mol. The van der Waals surface area contributed by atoms with E-state index in [0.717, 1.165) is 45.6 Å². The average Bonchev–Trinajstić information content (AvgIpc) is 2.71. The van der Waals surface area contributed by atoms with Crippen molar-refractivity contribution in [2.75, 3.05) is 46.3 Å². The number of likely N-dealkylation sites (N-methyl/N-ethyl adjacent to an activating group) is 1. The number of halogens is 2. The number of ether oxygens (including phenoxy) is 1. The summed E-state index contributed by atoms with van der Waals surface area (Å²) >= 11 is 3.26. The maximum absolute atomic E-state index is 13.3. The summed E-state index contributed by atoms with van der Waals surface area (Å²) < 4.78 is 19.5. The van der Waals surface area contributed by atoms with Crippen LogP contribution in [0.2, 0.25) is 0 Å². The van der Waals surface area contributed by atoms with Gasteiger partial charge in [-0.05, 0) is 72.7 Å². The van der Waals surface area contributed by atoms with Crippen molar-refractivity contribution in [3.63, 3.8) is 0 Å². The fourth-order valence-electron chi connectivity index (χ4n) is 3.14. The van der Waals surface area contributed by atoms with Crippen LogP contribution in [0.25, 0.3) is 0 Å². The van der Waals surface area contributed by atoms with Crippen LogP contribution in [0, 0.1) is 5.82 Å². The van der Waals surface area contributed by atoms with E-state index in [0.29, 0.717) is 22.3 Å². The zero-order chi connectivity index (χ0) is 20.6. The van der Waals surface area contributed by atoms with Crippen LogP contribution in [0.15, 0.2) is 41.0 Å². The van der Waals surface area contributed by atoms with E-state index in [9.17, 15) is 9.18 Å².